The first-order valence-electron chi connectivity index (χ1n) is 8.47. The monoisotopic (exact) mass is 314 g/mol. The summed E-state index contributed by atoms with van der Waals surface area (Å²) in [6.45, 7) is 3.73. The Balaban J connectivity index is 1.38. The molecule has 1 N–H and O–H groups in total. The molecule has 0 bridgehead atoms. The SMILES string of the molecule is O=C(Nc1cccnc1)C(=O)N1CC2CN3CCCCC3C2C1. The van der Waals surface area contributed by atoms with Crippen LogP contribution in [0.15, 0.2) is 24.5 Å². The number of aromatic nitrogens is 1. The molecule has 23 heavy (non-hydrogen) atoms. The summed E-state index contributed by atoms with van der Waals surface area (Å²) in [5.74, 6) is 0.114. The normalized spacial score (nSPS) is 29.9. The van der Waals surface area contributed by atoms with Crippen molar-refractivity contribution in [2.24, 2.45) is 11.8 Å². The highest BCUT2D eigenvalue weighted by Gasteiger charge is 2.48. The minimum atomic E-state index is -0.557. The van der Waals surface area contributed by atoms with Gasteiger partial charge in [-0.15, -0.1) is 0 Å². The molecule has 0 spiro atoms. The van der Waals surface area contributed by atoms with Crippen molar-refractivity contribution in [2.45, 2.75) is 25.3 Å². The Kier molecular flexibility index (Phi) is 3.77. The molecule has 3 fully saturated rings. The number of anilines is 1. The van der Waals surface area contributed by atoms with E-state index in [2.05, 4.69) is 15.2 Å². The lowest BCUT2D eigenvalue weighted by Crippen LogP contribution is -2.43. The minimum Gasteiger partial charge on any atom is -0.334 e. The van der Waals surface area contributed by atoms with Crippen molar-refractivity contribution < 1.29 is 9.59 Å². The zero-order valence-electron chi connectivity index (χ0n) is 13.1. The molecular weight excluding hydrogens is 292 g/mol. The van der Waals surface area contributed by atoms with Crippen molar-refractivity contribution >= 4 is 17.5 Å². The van der Waals surface area contributed by atoms with Crippen molar-refractivity contribution in [3.63, 3.8) is 0 Å². The molecule has 2 amide bonds. The maximum absolute atomic E-state index is 12.4. The van der Waals surface area contributed by atoms with Gasteiger partial charge in [-0.05, 0) is 43.4 Å². The predicted octanol–water partition coefficient (Wildman–Crippen LogP) is 0.963. The summed E-state index contributed by atoms with van der Waals surface area (Å²) in [6.07, 6.45) is 7.01. The number of fused-ring (bicyclic) bond motifs is 3. The minimum absolute atomic E-state index is 0.411. The summed E-state index contributed by atoms with van der Waals surface area (Å²) < 4.78 is 0. The Labute approximate surface area is 135 Å². The van der Waals surface area contributed by atoms with Gasteiger partial charge in [0.2, 0.25) is 0 Å². The van der Waals surface area contributed by atoms with Crippen molar-refractivity contribution in [3.8, 4) is 0 Å². The number of hydrogen-bond acceptors (Lipinski definition) is 4. The number of carbonyl (C=O) groups is 2. The molecular formula is C17H22N4O2. The first-order valence-corrected chi connectivity index (χ1v) is 8.47. The third-order valence-electron chi connectivity index (χ3n) is 5.52. The average Bonchev–Trinajstić information content (AvgIpc) is 3.12. The zero-order chi connectivity index (χ0) is 15.8. The highest BCUT2D eigenvalue weighted by atomic mass is 16.2. The fourth-order valence-corrected chi connectivity index (χ4v) is 4.49. The maximum atomic E-state index is 12.4. The number of pyridine rings is 1. The van der Waals surface area contributed by atoms with Crippen LogP contribution < -0.4 is 5.32 Å². The molecule has 0 aliphatic carbocycles. The number of nitrogens with one attached hydrogen (secondary N) is 1. The molecule has 3 atom stereocenters. The standard InChI is InChI=1S/C17H22N4O2/c22-16(19-13-4-3-6-18-8-13)17(23)21-10-12-9-20-7-2-1-5-15(20)14(12)11-21/h3-4,6,8,12,14-15H,1-2,5,7,9-11H2,(H,19,22). The second-order valence-corrected chi connectivity index (χ2v) is 6.89. The highest BCUT2D eigenvalue weighted by Crippen LogP contribution is 2.40. The second-order valence-electron chi connectivity index (χ2n) is 6.89. The fourth-order valence-electron chi connectivity index (χ4n) is 4.49. The lowest BCUT2D eigenvalue weighted by molar-refractivity contribution is -0.142. The summed E-state index contributed by atoms with van der Waals surface area (Å²) in [5.41, 5.74) is 0.559. The molecule has 4 heterocycles. The highest BCUT2D eigenvalue weighted by molar-refractivity contribution is 6.39. The molecule has 1 aromatic rings. The van der Waals surface area contributed by atoms with Crippen LogP contribution in [-0.2, 0) is 9.59 Å². The summed E-state index contributed by atoms with van der Waals surface area (Å²) in [4.78, 5) is 32.9. The first kappa shape index (κ1) is 14.6. The topological polar surface area (TPSA) is 65.5 Å². The number of carbonyl (C=O) groups excluding carboxylic acids is 2. The van der Waals surface area contributed by atoms with Crippen LogP contribution in [0, 0.1) is 11.8 Å². The van der Waals surface area contributed by atoms with Crippen LogP contribution in [-0.4, -0.2) is 58.8 Å². The van der Waals surface area contributed by atoms with Crippen LogP contribution >= 0.6 is 0 Å². The van der Waals surface area contributed by atoms with Crippen molar-refractivity contribution in [1.29, 1.82) is 0 Å². The Bertz CT molecular complexity index is 606. The average molecular weight is 314 g/mol. The van der Waals surface area contributed by atoms with Gasteiger partial charge in [0.05, 0.1) is 11.9 Å². The molecule has 3 aliphatic rings. The molecule has 0 aromatic carbocycles. The van der Waals surface area contributed by atoms with Gasteiger partial charge in [0.25, 0.3) is 0 Å². The predicted molar refractivity (Wildman–Crippen MR) is 85.6 cm³/mol. The molecule has 122 valence electrons. The van der Waals surface area contributed by atoms with Gasteiger partial charge in [-0.2, -0.15) is 0 Å². The van der Waals surface area contributed by atoms with Crippen LogP contribution in [0.25, 0.3) is 0 Å². The van der Waals surface area contributed by atoms with E-state index in [1.54, 1.807) is 29.4 Å². The van der Waals surface area contributed by atoms with E-state index in [-0.39, 0.29) is 0 Å². The van der Waals surface area contributed by atoms with Crippen LogP contribution in [0.3, 0.4) is 0 Å². The van der Waals surface area contributed by atoms with Gasteiger partial charge in [-0.1, -0.05) is 6.42 Å². The van der Waals surface area contributed by atoms with E-state index in [4.69, 9.17) is 0 Å². The van der Waals surface area contributed by atoms with Crippen molar-refractivity contribution in [1.82, 2.24) is 14.8 Å². The molecule has 1 aromatic heterocycles. The molecule has 6 nitrogen and oxygen atoms in total. The van der Waals surface area contributed by atoms with Crippen LogP contribution in [0.2, 0.25) is 0 Å². The molecule has 6 heteroatoms. The number of hydrogen-bond donors (Lipinski definition) is 1. The fraction of sp³-hybridized carbons (Fsp3) is 0.588. The molecule has 0 radical (unpaired) electrons. The Morgan fingerprint density at radius 1 is 1.22 bits per heavy atom. The van der Waals surface area contributed by atoms with Gasteiger partial charge in [-0.3, -0.25) is 19.5 Å². The van der Waals surface area contributed by atoms with Crippen LogP contribution in [0.4, 0.5) is 5.69 Å². The molecule has 3 unspecified atom stereocenters. The zero-order valence-corrected chi connectivity index (χ0v) is 13.1. The van der Waals surface area contributed by atoms with E-state index in [1.165, 1.54) is 25.8 Å². The summed E-state index contributed by atoms with van der Waals surface area (Å²) in [5, 5.41) is 2.64. The molecule has 3 aliphatic heterocycles. The number of amides is 2. The van der Waals surface area contributed by atoms with Gasteiger partial charge in [0.1, 0.15) is 0 Å². The van der Waals surface area contributed by atoms with Crippen molar-refractivity contribution in [2.75, 3.05) is 31.5 Å². The number of likely N-dealkylation sites (tertiary alicyclic amines) is 1. The Hall–Kier alpha value is -1.95. The van der Waals surface area contributed by atoms with E-state index in [0.717, 1.165) is 19.6 Å². The molecule has 0 saturated carbocycles. The number of rotatable bonds is 1. The Morgan fingerprint density at radius 2 is 2.13 bits per heavy atom. The van der Waals surface area contributed by atoms with E-state index in [0.29, 0.717) is 23.6 Å². The van der Waals surface area contributed by atoms with E-state index in [9.17, 15) is 9.59 Å². The summed E-state index contributed by atoms with van der Waals surface area (Å²) in [7, 11) is 0. The second kappa shape index (κ2) is 5.92. The van der Waals surface area contributed by atoms with Gasteiger partial charge in [-0.25, -0.2) is 0 Å². The lowest BCUT2D eigenvalue weighted by atomic mass is 9.90. The Morgan fingerprint density at radius 3 is 2.96 bits per heavy atom. The quantitative estimate of drug-likeness (QED) is 0.784. The smallest absolute Gasteiger partial charge is 0.313 e. The lowest BCUT2D eigenvalue weighted by Gasteiger charge is -2.33. The van der Waals surface area contributed by atoms with Gasteiger partial charge in [0.15, 0.2) is 0 Å². The van der Waals surface area contributed by atoms with Crippen LogP contribution in [0.1, 0.15) is 19.3 Å². The number of piperidine rings is 1. The van der Waals surface area contributed by atoms with Crippen molar-refractivity contribution in [3.05, 3.63) is 24.5 Å². The molecule has 3 saturated heterocycles. The van der Waals surface area contributed by atoms with Gasteiger partial charge >= 0.3 is 11.8 Å². The molecule has 4 rings (SSSR count). The third kappa shape index (κ3) is 2.72. The van der Waals surface area contributed by atoms with E-state index < -0.39 is 11.8 Å². The van der Waals surface area contributed by atoms with Gasteiger partial charge in [0, 0.05) is 31.9 Å². The van der Waals surface area contributed by atoms with E-state index >= 15 is 0 Å². The first-order chi connectivity index (χ1) is 11.2. The number of nitrogens with zero attached hydrogens (tertiary/aromatic N) is 3. The van der Waals surface area contributed by atoms with E-state index in [1.807, 2.05) is 0 Å². The summed E-state index contributed by atoms with van der Waals surface area (Å²) in [6, 6.07) is 4.09. The largest absolute Gasteiger partial charge is 0.334 e. The maximum Gasteiger partial charge on any atom is 0.313 e. The van der Waals surface area contributed by atoms with Crippen LogP contribution in [0.5, 0.6) is 0 Å². The summed E-state index contributed by atoms with van der Waals surface area (Å²) >= 11 is 0. The van der Waals surface area contributed by atoms with Gasteiger partial charge < -0.3 is 10.2 Å². The third-order valence-corrected chi connectivity index (χ3v) is 5.52.